The molecule has 0 aromatic heterocycles. The van der Waals surface area contributed by atoms with Crippen LogP contribution in [-0.4, -0.2) is 31.2 Å². The van der Waals surface area contributed by atoms with Gasteiger partial charge in [0.15, 0.2) is 0 Å². The summed E-state index contributed by atoms with van der Waals surface area (Å²) in [6.07, 6.45) is -4.29. The highest BCUT2D eigenvalue weighted by molar-refractivity contribution is 6.10. The molecule has 5 nitrogen and oxygen atoms in total. The van der Waals surface area contributed by atoms with Gasteiger partial charge in [0.05, 0.1) is 24.8 Å². The molecule has 8 heteroatoms. The maximum absolute atomic E-state index is 13.1. The Morgan fingerprint density at radius 1 is 1.12 bits per heavy atom. The molecule has 0 aliphatic carbocycles. The number of carbonyl (C=O) groups is 2. The molecule has 1 unspecified atom stereocenters. The number of alkyl halides is 3. The summed E-state index contributed by atoms with van der Waals surface area (Å²) in [7, 11) is 0. The van der Waals surface area contributed by atoms with Gasteiger partial charge >= 0.3 is 18.1 Å². The van der Waals surface area contributed by atoms with E-state index in [9.17, 15) is 22.8 Å². The minimum atomic E-state index is -4.60. The Balaban J connectivity index is 2.72. The van der Waals surface area contributed by atoms with E-state index in [0.29, 0.717) is 12.1 Å². The number of nitrogens with one attached hydrogen (secondary N) is 1. The topological polar surface area (TPSA) is 64.6 Å². The van der Waals surface area contributed by atoms with Crippen molar-refractivity contribution in [2.75, 3.05) is 18.5 Å². The number of carbonyl (C=O) groups excluding carboxylic acids is 2. The maximum Gasteiger partial charge on any atom is 0.416 e. The van der Waals surface area contributed by atoms with Crippen molar-refractivity contribution in [2.45, 2.75) is 44.8 Å². The second kappa shape index (κ2) is 6.93. The van der Waals surface area contributed by atoms with Gasteiger partial charge in [-0.2, -0.15) is 13.2 Å². The van der Waals surface area contributed by atoms with Crippen molar-refractivity contribution in [1.82, 2.24) is 0 Å². The lowest BCUT2D eigenvalue weighted by molar-refractivity contribution is -0.165. The van der Waals surface area contributed by atoms with Gasteiger partial charge in [0, 0.05) is 11.3 Å². The molecule has 1 atom stereocenters. The van der Waals surface area contributed by atoms with E-state index in [1.807, 2.05) is 0 Å². The van der Waals surface area contributed by atoms with Gasteiger partial charge < -0.3 is 14.8 Å². The fourth-order valence-corrected chi connectivity index (χ4v) is 3.14. The predicted octanol–water partition coefficient (Wildman–Crippen LogP) is 3.27. The average Bonchev–Trinajstić information content (AvgIpc) is 2.88. The summed E-state index contributed by atoms with van der Waals surface area (Å²) >= 11 is 0. The van der Waals surface area contributed by atoms with Crippen molar-refractivity contribution in [2.24, 2.45) is 0 Å². The fourth-order valence-electron chi connectivity index (χ4n) is 3.14. The van der Waals surface area contributed by atoms with Crippen molar-refractivity contribution in [3.8, 4) is 0 Å². The first kappa shape index (κ1) is 19.1. The van der Waals surface area contributed by atoms with Gasteiger partial charge in [0.1, 0.15) is 0 Å². The summed E-state index contributed by atoms with van der Waals surface area (Å²) in [5, 5.41) is 2.96. The molecular formula is C17H20F3NO4. The highest BCUT2D eigenvalue weighted by atomic mass is 19.4. The molecule has 0 saturated carbocycles. The van der Waals surface area contributed by atoms with E-state index in [4.69, 9.17) is 9.47 Å². The Bertz CT molecular complexity index is 654. The normalized spacial score (nSPS) is 18.2. The van der Waals surface area contributed by atoms with Gasteiger partial charge in [0.25, 0.3) is 0 Å². The van der Waals surface area contributed by atoms with Gasteiger partial charge in [0.2, 0.25) is 5.41 Å². The molecule has 1 aliphatic rings. The van der Waals surface area contributed by atoms with Crippen molar-refractivity contribution in [3.63, 3.8) is 0 Å². The lowest BCUT2D eigenvalue weighted by atomic mass is 9.75. The average molecular weight is 359 g/mol. The Labute approximate surface area is 143 Å². The molecule has 2 rings (SSSR count). The molecule has 0 spiro atoms. The number of benzene rings is 1. The number of esters is 2. The van der Waals surface area contributed by atoms with Gasteiger partial charge in [-0.05, 0) is 38.5 Å². The molecular weight excluding hydrogens is 339 g/mol. The third kappa shape index (κ3) is 3.05. The lowest BCUT2D eigenvalue weighted by Gasteiger charge is -2.30. The third-order valence-electron chi connectivity index (χ3n) is 4.23. The first-order valence-corrected chi connectivity index (χ1v) is 8.06. The van der Waals surface area contributed by atoms with E-state index in [2.05, 4.69) is 5.32 Å². The zero-order chi connectivity index (χ0) is 18.8. The van der Waals surface area contributed by atoms with Crippen LogP contribution >= 0.6 is 0 Å². The smallest absolute Gasteiger partial charge is 0.416 e. The van der Waals surface area contributed by atoms with Crippen LogP contribution in [0.1, 0.15) is 38.3 Å². The molecule has 1 N–H and O–H groups in total. The Kier molecular flexibility index (Phi) is 5.29. The summed E-state index contributed by atoms with van der Waals surface area (Å²) in [6, 6.07) is 2.20. The number of hydrogen-bond donors (Lipinski definition) is 1. The molecule has 0 radical (unpaired) electrons. The van der Waals surface area contributed by atoms with Crippen LogP contribution in [0.4, 0.5) is 18.9 Å². The predicted molar refractivity (Wildman–Crippen MR) is 84.1 cm³/mol. The van der Waals surface area contributed by atoms with E-state index in [1.54, 1.807) is 20.8 Å². The lowest BCUT2D eigenvalue weighted by Crippen LogP contribution is -2.53. The van der Waals surface area contributed by atoms with Crippen molar-refractivity contribution in [3.05, 3.63) is 29.3 Å². The largest absolute Gasteiger partial charge is 0.465 e. The summed E-state index contributed by atoms with van der Waals surface area (Å²) in [5.41, 5.74) is -2.67. The Hall–Kier alpha value is -2.25. The summed E-state index contributed by atoms with van der Waals surface area (Å²) < 4.78 is 49.5. The second-order valence-electron chi connectivity index (χ2n) is 5.61. The van der Waals surface area contributed by atoms with Crippen LogP contribution in [0.2, 0.25) is 0 Å². The second-order valence-corrected chi connectivity index (χ2v) is 5.61. The number of ether oxygens (including phenoxy) is 2. The van der Waals surface area contributed by atoms with Crippen molar-refractivity contribution in [1.29, 1.82) is 0 Å². The summed E-state index contributed by atoms with van der Waals surface area (Å²) in [4.78, 5) is 25.5. The minimum Gasteiger partial charge on any atom is -0.465 e. The number of anilines is 1. The molecule has 1 aromatic rings. The molecule has 1 aliphatic heterocycles. The van der Waals surface area contributed by atoms with Crippen molar-refractivity contribution >= 4 is 17.6 Å². The van der Waals surface area contributed by atoms with Crippen LogP contribution in [-0.2, 0) is 30.7 Å². The number of rotatable bonds is 5. The van der Waals surface area contributed by atoms with E-state index >= 15 is 0 Å². The molecule has 1 heterocycles. The standard InChI is InChI=1S/C17H20F3NO4/c1-4-13-16(14(22)24-5-2,15(23)25-6-3)11-9-10(17(18,19)20)7-8-12(11)21-13/h7-9,13,21H,4-6H2,1-3H3. The van der Waals surface area contributed by atoms with Crippen LogP contribution in [0.25, 0.3) is 0 Å². The van der Waals surface area contributed by atoms with Gasteiger partial charge in [-0.25, -0.2) is 0 Å². The number of fused-ring (bicyclic) bond motifs is 1. The highest BCUT2D eigenvalue weighted by Gasteiger charge is 2.60. The summed E-state index contributed by atoms with van der Waals surface area (Å²) in [6.45, 7) is 4.83. The SMILES string of the molecule is CCOC(=O)C1(C(=O)OCC)c2cc(C(F)(F)F)ccc2NC1CC. The monoisotopic (exact) mass is 359 g/mol. The van der Waals surface area contributed by atoms with Crippen LogP contribution in [0.5, 0.6) is 0 Å². The molecule has 0 saturated heterocycles. The number of hydrogen-bond acceptors (Lipinski definition) is 5. The van der Waals surface area contributed by atoms with Crippen LogP contribution < -0.4 is 5.32 Å². The third-order valence-corrected chi connectivity index (χ3v) is 4.23. The Morgan fingerprint density at radius 2 is 1.68 bits per heavy atom. The molecule has 0 amide bonds. The minimum absolute atomic E-state index is 0.00921. The highest BCUT2D eigenvalue weighted by Crippen LogP contribution is 2.46. The van der Waals surface area contributed by atoms with Crippen LogP contribution in [0.15, 0.2) is 18.2 Å². The quantitative estimate of drug-likeness (QED) is 0.646. The van der Waals surface area contributed by atoms with Gasteiger partial charge in [-0.1, -0.05) is 6.92 Å². The van der Waals surface area contributed by atoms with E-state index in [1.165, 1.54) is 6.07 Å². The number of halogens is 3. The van der Waals surface area contributed by atoms with Crippen LogP contribution in [0.3, 0.4) is 0 Å². The molecule has 0 fully saturated rings. The first-order chi connectivity index (χ1) is 11.7. The molecule has 138 valence electrons. The zero-order valence-electron chi connectivity index (χ0n) is 14.2. The first-order valence-electron chi connectivity index (χ1n) is 8.06. The van der Waals surface area contributed by atoms with E-state index < -0.39 is 35.1 Å². The van der Waals surface area contributed by atoms with Crippen LogP contribution in [0, 0.1) is 0 Å². The molecule has 1 aromatic carbocycles. The van der Waals surface area contributed by atoms with Crippen molar-refractivity contribution < 1.29 is 32.2 Å². The molecule has 25 heavy (non-hydrogen) atoms. The van der Waals surface area contributed by atoms with Gasteiger partial charge in [-0.3, -0.25) is 9.59 Å². The fraction of sp³-hybridized carbons (Fsp3) is 0.529. The maximum atomic E-state index is 13.1. The van der Waals surface area contributed by atoms with Gasteiger partial charge in [-0.15, -0.1) is 0 Å². The van der Waals surface area contributed by atoms with E-state index in [0.717, 1.165) is 12.1 Å². The van der Waals surface area contributed by atoms with E-state index in [-0.39, 0.29) is 18.8 Å². The molecule has 0 bridgehead atoms. The zero-order valence-corrected chi connectivity index (χ0v) is 14.2. The summed E-state index contributed by atoms with van der Waals surface area (Å²) in [5.74, 6) is -1.82. The Morgan fingerprint density at radius 3 is 2.12 bits per heavy atom.